The Morgan fingerprint density at radius 1 is 1.39 bits per heavy atom. The van der Waals surface area contributed by atoms with Crippen LogP contribution in [0.15, 0.2) is 36.7 Å². The number of aromatic nitrogens is 2. The second-order valence-corrected chi connectivity index (χ2v) is 3.91. The maximum Gasteiger partial charge on any atom is 0.124 e. The summed E-state index contributed by atoms with van der Waals surface area (Å²) in [5.74, 6) is -0.377. The fraction of sp³-hybridized carbons (Fsp3) is 0.231. The quantitative estimate of drug-likeness (QED) is 0.814. The van der Waals surface area contributed by atoms with Crippen LogP contribution in [-0.2, 0) is 13.1 Å². The Balaban J connectivity index is 1.83. The third-order valence-electron chi connectivity index (χ3n) is 2.49. The Hall–Kier alpha value is -2.19. The Morgan fingerprint density at radius 2 is 2.28 bits per heavy atom. The van der Waals surface area contributed by atoms with Crippen LogP contribution < -0.4 is 5.32 Å². The van der Waals surface area contributed by atoms with E-state index in [1.807, 2.05) is 23.0 Å². The molecule has 0 radical (unpaired) electrons. The molecule has 1 aromatic heterocycles. The van der Waals surface area contributed by atoms with Gasteiger partial charge in [0.15, 0.2) is 0 Å². The van der Waals surface area contributed by atoms with Crippen molar-refractivity contribution >= 4 is 0 Å². The van der Waals surface area contributed by atoms with Crippen LogP contribution in [0.25, 0.3) is 0 Å². The number of hydrogen-bond acceptors (Lipinski definition) is 3. The van der Waals surface area contributed by atoms with Crippen molar-refractivity contribution in [2.75, 3.05) is 6.54 Å². The van der Waals surface area contributed by atoms with E-state index in [4.69, 9.17) is 5.26 Å². The molecule has 0 fully saturated rings. The monoisotopic (exact) mass is 244 g/mol. The minimum Gasteiger partial charge on any atom is -0.311 e. The molecular formula is C13H13FN4. The number of benzene rings is 1. The molecule has 0 aliphatic rings. The van der Waals surface area contributed by atoms with Crippen LogP contribution in [0.5, 0.6) is 0 Å². The number of nitriles is 1. The lowest BCUT2D eigenvalue weighted by Crippen LogP contribution is -2.19. The summed E-state index contributed by atoms with van der Waals surface area (Å²) in [6.45, 7) is 2.03. The highest BCUT2D eigenvalue weighted by atomic mass is 19.1. The molecule has 0 aliphatic heterocycles. The first-order valence-electron chi connectivity index (χ1n) is 5.65. The zero-order valence-corrected chi connectivity index (χ0v) is 9.81. The molecule has 92 valence electrons. The highest BCUT2D eigenvalue weighted by Crippen LogP contribution is 2.08. The van der Waals surface area contributed by atoms with E-state index in [1.54, 1.807) is 12.3 Å². The van der Waals surface area contributed by atoms with Crippen molar-refractivity contribution in [2.45, 2.75) is 13.1 Å². The van der Waals surface area contributed by atoms with Crippen LogP contribution in [0, 0.1) is 17.1 Å². The molecule has 0 saturated carbocycles. The van der Waals surface area contributed by atoms with Gasteiger partial charge in [-0.2, -0.15) is 10.4 Å². The Morgan fingerprint density at radius 3 is 3.00 bits per heavy atom. The fourth-order valence-electron chi connectivity index (χ4n) is 1.68. The predicted octanol–water partition coefficient (Wildman–Crippen LogP) is 1.68. The van der Waals surface area contributed by atoms with Gasteiger partial charge in [0, 0.05) is 25.5 Å². The molecule has 0 spiro atoms. The predicted molar refractivity (Wildman–Crippen MR) is 65.0 cm³/mol. The van der Waals surface area contributed by atoms with Gasteiger partial charge in [0.25, 0.3) is 0 Å². The van der Waals surface area contributed by atoms with Gasteiger partial charge in [0.1, 0.15) is 5.82 Å². The summed E-state index contributed by atoms with van der Waals surface area (Å²) in [7, 11) is 0. The Bertz CT molecular complexity index is 543. The molecule has 0 bridgehead atoms. The smallest absolute Gasteiger partial charge is 0.124 e. The molecule has 2 aromatic rings. The van der Waals surface area contributed by atoms with Crippen molar-refractivity contribution in [2.24, 2.45) is 0 Å². The second kappa shape index (κ2) is 5.94. The summed E-state index contributed by atoms with van der Waals surface area (Å²) in [6, 6.07) is 8.15. The van der Waals surface area contributed by atoms with E-state index < -0.39 is 0 Å². The van der Waals surface area contributed by atoms with E-state index >= 15 is 0 Å². The van der Waals surface area contributed by atoms with Crippen molar-refractivity contribution < 1.29 is 4.39 Å². The van der Waals surface area contributed by atoms with Gasteiger partial charge in [-0.25, -0.2) is 4.39 Å². The van der Waals surface area contributed by atoms with Gasteiger partial charge in [0.2, 0.25) is 0 Å². The zero-order chi connectivity index (χ0) is 12.8. The van der Waals surface area contributed by atoms with E-state index in [-0.39, 0.29) is 5.82 Å². The van der Waals surface area contributed by atoms with E-state index in [0.29, 0.717) is 12.1 Å². The first-order chi connectivity index (χ1) is 8.78. The van der Waals surface area contributed by atoms with E-state index in [0.717, 1.165) is 18.7 Å². The molecule has 0 unspecified atom stereocenters. The topological polar surface area (TPSA) is 53.6 Å². The molecule has 2 rings (SSSR count). The normalized spacial score (nSPS) is 10.2. The first-order valence-corrected chi connectivity index (χ1v) is 5.65. The largest absolute Gasteiger partial charge is 0.311 e. The van der Waals surface area contributed by atoms with Gasteiger partial charge >= 0.3 is 0 Å². The number of hydrogen-bond donors (Lipinski definition) is 1. The first kappa shape index (κ1) is 12.3. The van der Waals surface area contributed by atoms with Gasteiger partial charge in [-0.15, -0.1) is 0 Å². The second-order valence-electron chi connectivity index (χ2n) is 3.91. The van der Waals surface area contributed by atoms with Gasteiger partial charge in [-0.3, -0.25) is 4.68 Å². The van der Waals surface area contributed by atoms with Crippen LogP contribution in [0.1, 0.15) is 11.1 Å². The SMILES string of the molecule is N#Cc1cc(F)cc(CNCCn2cccn2)c1. The van der Waals surface area contributed by atoms with E-state index in [9.17, 15) is 4.39 Å². The van der Waals surface area contributed by atoms with Crippen LogP contribution in [0.4, 0.5) is 4.39 Å². The number of nitrogens with one attached hydrogen (secondary N) is 1. The van der Waals surface area contributed by atoms with Crippen molar-refractivity contribution in [3.63, 3.8) is 0 Å². The molecule has 0 saturated heterocycles. The minimum atomic E-state index is -0.377. The number of halogens is 1. The van der Waals surface area contributed by atoms with Crippen molar-refractivity contribution in [3.05, 3.63) is 53.6 Å². The molecule has 1 aromatic carbocycles. The average Bonchev–Trinajstić information content (AvgIpc) is 2.87. The highest BCUT2D eigenvalue weighted by Gasteiger charge is 2.00. The molecule has 0 atom stereocenters. The highest BCUT2D eigenvalue weighted by molar-refractivity contribution is 5.33. The van der Waals surface area contributed by atoms with Crippen molar-refractivity contribution in [1.29, 1.82) is 5.26 Å². The maximum absolute atomic E-state index is 13.2. The average molecular weight is 244 g/mol. The van der Waals surface area contributed by atoms with Gasteiger partial charge in [-0.05, 0) is 29.8 Å². The Labute approximate surface area is 105 Å². The van der Waals surface area contributed by atoms with Crippen molar-refractivity contribution in [1.82, 2.24) is 15.1 Å². The van der Waals surface area contributed by atoms with Crippen LogP contribution in [0.2, 0.25) is 0 Å². The van der Waals surface area contributed by atoms with Gasteiger partial charge < -0.3 is 5.32 Å². The summed E-state index contributed by atoms with van der Waals surface area (Å²) >= 11 is 0. The molecule has 0 aliphatic carbocycles. The number of rotatable bonds is 5. The molecular weight excluding hydrogens is 231 g/mol. The van der Waals surface area contributed by atoms with Gasteiger partial charge in [0.05, 0.1) is 18.2 Å². The minimum absolute atomic E-state index is 0.346. The van der Waals surface area contributed by atoms with Crippen LogP contribution >= 0.6 is 0 Å². The molecule has 0 amide bonds. The van der Waals surface area contributed by atoms with E-state index in [2.05, 4.69) is 10.4 Å². The third kappa shape index (κ3) is 3.40. The Kier molecular flexibility index (Phi) is 4.05. The lowest BCUT2D eigenvalue weighted by Gasteiger charge is -2.06. The molecule has 4 nitrogen and oxygen atoms in total. The standard InChI is InChI=1S/C13H13FN4/c14-13-7-11(9-15)6-12(8-13)10-16-3-5-18-4-1-2-17-18/h1-2,4,6-8,16H,3,5,10H2. The molecule has 1 heterocycles. The summed E-state index contributed by atoms with van der Waals surface area (Å²) in [4.78, 5) is 0. The summed E-state index contributed by atoms with van der Waals surface area (Å²) in [5.41, 5.74) is 1.12. The zero-order valence-electron chi connectivity index (χ0n) is 9.81. The fourth-order valence-corrected chi connectivity index (χ4v) is 1.68. The van der Waals surface area contributed by atoms with Crippen LogP contribution in [-0.4, -0.2) is 16.3 Å². The van der Waals surface area contributed by atoms with E-state index in [1.165, 1.54) is 12.1 Å². The van der Waals surface area contributed by atoms with Crippen LogP contribution in [0.3, 0.4) is 0 Å². The van der Waals surface area contributed by atoms with Gasteiger partial charge in [-0.1, -0.05) is 0 Å². The molecule has 18 heavy (non-hydrogen) atoms. The summed E-state index contributed by atoms with van der Waals surface area (Å²) < 4.78 is 15.0. The summed E-state index contributed by atoms with van der Waals surface area (Å²) in [6.07, 6.45) is 3.61. The third-order valence-corrected chi connectivity index (χ3v) is 2.49. The number of nitrogens with zero attached hydrogens (tertiary/aromatic N) is 3. The lowest BCUT2D eigenvalue weighted by molar-refractivity contribution is 0.553. The molecule has 1 N–H and O–H groups in total. The van der Waals surface area contributed by atoms with Crippen molar-refractivity contribution in [3.8, 4) is 6.07 Å². The lowest BCUT2D eigenvalue weighted by atomic mass is 10.1. The maximum atomic E-state index is 13.2. The molecule has 5 heteroatoms. The summed E-state index contributed by atoms with van der Waals surface area (Å²) in [5, 5.41) is 16.0.